The van der Waals surface area contributed by atoms with Gasteiger partial charge in [0.15, 0.2) is 0 Å². The molecule has 4 nitrogen and oxygen atoms in total. The van der Waals surface area contributed by atoms with E-state index in [0.717, 1.165) is 44.0 Å². The maximum atomic E-state index is 12.3. The van der Waals surface area contributed by atoms with E-state index in [2.05, 4.69) is 18.7 Å². The average Bonchev–Trinajstić information content (AvgIpc) is 2.53. The molecule has 1 aromatic rings. The number of hydrogen-bond donors (Lipinski definition) is 0. The molecule has 1 aliphatic rings. The van der Waals surface area contributed by atoms with Gasteiger partial charge in [0.2, 0.25) is 5.91 Å². The van der Waals surface area contributed by atoms with E-state index in [4.69, 9.17) is 4.74 Å². The van der Waals surface area contributed by atoms with Crippen molar-refractivity contribution in [3.05, 3.63) is 35.9 Å². The molecule has 0 spiro atoms. The first-order valence-corrected chi connectivity index (χ1v) is 7.92. The molecule has 0 aliphatic carbocycles. The smallest absolute Gasteiger partial charge is 0.246 e. The van der Waals surface area contributed by atoms with Gasteiger partial charge in [-0.3, -0.25) is 9.69 Å². The van der Waals surface area contributed by atoms with Crippen LogP contribution < -0.4 is 4.74 Å². The Balaban J connectivity index is 1.89. The van der Waals surface area contributed by atoms with Crippen LogP contribution in [-0.2, 0) is 4.79 Å². The number of amides is 1. The first-order valence-electron chi connectivity index (χ1n) is 7.92. The Labute approximate surface area is 133 Å². The summed E-state index contributed by atoms with van der Waals surface area (Å²) in [5.41, 5.74) is 0.928. The van der Waals surface area contributed by atoms with Crippen molar-refractivity contribution >= 4 is 12.0 Å². The van der Waals surface area contributed by atoms with Crippen LogP contribution in [0.5, 0.6) is 5.75 Å². The highest BCUT2D eigenvalue weighted by Gasteiger charge is 2.19. The minimum Gasteiger partial charge on any atom is -0.496 e. The molecule has 1 aliphatic heterocycles. The maximum absolute atomic E-state index is 12.3. The lowest BCUT2D eigenvalue weighted by Gasteiger charge is -2.35. The van der Waals surface area contributed by atoms with Crippen LogP contribution >= 0.6 is 0 Å². The van der Waals surface area contributed by atoms with Crippen molar-refractivity contribution in [3.8, 4) is 5.75 Å². The van der Waals surface area contributed by atoms with E-state index in [1.54, 1.807) is 13.2 Å². The van der Waals surface area contributed by atoms with Crippen molar-refractivity contribution in [2.24, 2.45) is 5.92 Å². The number of ether oxygens (including phenoxy) is 1. The van der Waals surface area contributed by atoms with Gasteiger partial charge in [0.25, 0.3) is 0 Å². The Bertz CT molecular complexity index is 518. The number of hydrogen-bond acceptors (Lipinski definition) is 3. The second kappa shape index (κ2) is 7.99. The number of methoxy groups -OCH3 is 1. The van der Waals surface area contributed by atoms with E-state index in [0.29, 0.717) is 5.92 Å². The van der Waals surface area contributed by atoms with Crippen LogP contribution in [0.2, 0.25) is 0 Å². The molecular weight excluding hydrogens is 276 g/mol. The van der Waals surface area contributed by atoms with Gasteiger partial charge in [-0.15, -0.1) is 0 Å². The molecule has 1 amide bonds. The van der Waals surface area contributed by atoms with E-state index in [1.807, 2.05) is 35.2 Å². The third kappa shape index (κ3) is 4.60. The van der Waals surface area contributed by atoms with Crippen LogP contribution in [0, 0.1) is 5.92 Å². The molecule has 1 saturated heterocycles. The van der Waals surface area contributed by atoms with Gasteiger partial charge in [0, 0.05) is 44.4 Å². The van der Waals surface area contributed by atoms with Crippen molar-refractivity contribution in [3.63, 3.8) is 0 Å². The lowest BCUT2D eigenvalue weighted by Crippen LogP contribution is -2.49. The molecule has 4 heteroatoms. The van der Waals surface area contributed by atoms with E-state index >= 15 is 0 Å². The topological polar surface area (TPSA) is 32.8 Å². The van der Waals surface area contributed by atoms with E-state index in [-0.39, 0.29) is 5.91 Å². The number of para-hydroxylation sites is 1. The quantitative estimate of drug-likeness (QED) is 0.784. The summed E-state index contributed by atoms with van der Waals surface area (Å²) in [4.78, 5) is 16.6. The van der Waals surface area contributed by atoms with Crippen LogP contribution in [0.1, 0.15) is 19.4 Å². The second-order valence-corrected chi connectivity index (χ2v) is 6.10. The minimum atomic E-state index is 0.0788. The van der Waals surface area contributed by atoms with Gasteiger partial charge in [0.1, 0.15) is 5.75 Å². The second-order valence-electron chi connectivity index (χ2n) is 6.10. The van der Waals surface area contributed by atoms with Gasteiger partial charge in [-0.2, -0.15) is 0 Å². The molecule has 1 heterocycles. The van der Waals surface area contributed by atoms with Gasteiger partial charge >= 0.3 is 0 Å². The summed E-state index contributed by atoms with van der Waals surface area (Å²) in [5.74, 6) is 1.54. The molecule has 2 rings (SSSR count). The lowest BCUT2D eigenvalue weighted by molar-refractivity contribution is -0.127. The van der Waals surface area contributed by atoms with Crippen LogP contribution in [0.25, 0.3) is 6.08 Å². The molecule has 0 aromatic heterocycles. The standard InChI is InChI=1S/C18H26N2O2/c1-15(2)14-19-10-12-20(13-11-19)18(21)9-8-16-6-4-5-7-17(16)22-3/h4-9,15H,10-14H2,1-3H3/b9-8+. The SMILES string of the molecule is COc1ccccc1/C=C/C(=O)N1CCN(CC(C)C)CC1. The summed E-state index contributed by atoms with van der Waals surface area (Å²) in [7, 11) is 1.64. The first kappa shape index (κ1) is 16.6. The highest BCUT2D eigenvalue weighted by Crippen LogP contribution is 2.18. The number of benzene rings is 1. The fraction of sp³-hybridized carbons (Fsp3) is 0.500. The van der Waals surface area contributed by atoms with Crippen molar-refractivity contribution < 1.29 is 9.53 Å². The zero-order valence-corrected chi connectivity index (χ0v) is 13.8. The number of nitrogens with zero attached hydrogens (tertiary/aromatic N) is 2. The average molecular weight is 302 g/mol. The Kier molecular flexibility index (Phi) is 6.01. The Morgan fingerprint density at radius 3 is 2.55 bits per heavy atom. The summed E-state index contributed by atoms with van der Waals surface area (Å²) in [6, 6.07) is 7.71. The fourth-order valence-corrected chi connectivity index (χ4v) is 2.74. The van der Waals surface area contributed by atoms with Crippen LogP contribution in [-0.4, -0.2) is 55.5 Å². The van der Waals surface area contributed by atoms with E-state index < -0.39 is 0 Å². The predicted octanol–water partition coefficient (Wildman–Crippen LogP) is 2.51. The normalized spacial score (nSPS) is 16.5. The lowest BCUT2D eigenvalue weighted by atomic mass is 10.1. The van der Waals surface area contributed by atoms with Crippen molar-refractivity contribution in [2.75, 3.05) is 39.8 Å². The summed E-state index contributed by atoms with van der Waals surface area (Å²) < 4.78 is 5.29. The maximum Gasteiger partial charge on any atom is 0.246 e. The molecular formula is C18H26N2O2. The van der Waals surface area contributed by atoms with Gasteiger partial charge in [-0.25, -0.2) is 0 Å². The fourth-order valence-electron chi connectivity index (χ4n) is 2.74. The third-order valence-corrected chi connectivity index (χ3v) is 3.85. The number of carbonyl (C=O) groups is 1. The van der Waals surface area contributed by atoms with Crippen molar-refractivity contribution in [1.82, 2.24) is 9.80 Å². The number of piperazine rings is 1. The van der Waals surface area contributed by atoms with Crippen LogP contribution in [0.4, 0.5) is 0 Å². The number of rotatable bonds is 5. The Morgan fingerprint density at radius 2 is 1.91 bits per heavy atom. The highest BCUT2D eigenvalue weighted by molar-refractivity contribution is 5.92. The molecule has 0 N–H and O–H groups in total. The monoisotopic (exact) mass is 302 g/mol. The van der Waals surface area contributed by atoms with Crippen molar-refractivity contribution in [2.45, 2.75) is 13.8 Å². The Hall–Kier alpha value is -1.81. The Morgan fingerprint density at radius 1 is 1.23 bits per heavy atom. The van der Waals surface area contributed by atoms with Crippen LogP contribution in [0.3, 0.4) is 0 Å². The van der Waals surface area contributed by atoms with E-state index in [9.17, 15) is 4.79 Å². The largest absolute Gasteiger partial charge is 0.496 e. The van der Waals surface area contributed by atoms with Gasteiger partial charge in [-0.05, 0) is 18.1 Å². The molecule has 0 bridgehead atoms. The molecule has 22 heavy (non-hydrogen) atoms. The number of carbonyl (C=O) groups excluding carboxylic acids is 1. The molecule has 0 unspecified atom stereocenters. The van der Waals surface area contributed by atoms with Crippen molar-refractivity contribution in [1.29, 1.82) is 0 Å². The summed E-state index contributed by atoms with van der Waals surface area (Å²) >= 11 is 0. The zero-order valence-electron chi connectivity index (χ0n) is 13.8. The minimum absolute atomic E-state index is 0.0788. The molecule has 120 valence electrons. The van der Waals surface area contributed by atoms with E-state index in [1.165, 1.54) is 0 Å². The van der Waals surface area contributed by atoms with Gasteiger partial charge in [0.05, 0.1) is 7.11 Å². The van der Waals surface area contributed by atoms with Gasteiger partial charge in [-0.1, -0.05) is 32.0 Å². The molecule has 1 fully saturated rings. The summed E-state index contributed by atoms with van der Waals surface area (Å²) in [6.45, 7) is 9.11. The molecule has 0 saturated carbocycles. The predicted molar refractivity (Wildman–Crippen MR) is 89.9 cm³/mol. The van der Waals surface area contributed by atoms with Crippen LogP contribution in [0.15, 0.2) is 30.3 Å². The molecule has 1 aromatic carbocycles. The zero-order chi connectivity index (χ0) is 15.9. The summed E-state index contributed by atoms with van der Waals surface area (Å²) in [5, 5.41) is 0. The highest BCUT2D eigenvalue weighted by atomic mass is 16.5. The van der Waals surface area contributed by atoms with Gasteiger partial charge < -0.3 is 9.64 Å². The first-order chi connectivity index (χ1) is 10.6. The molecule has 0 atom stereocenters. The summed E-state index contributed by atoms with van der Waals surface area (Å²) in [6.07, 6.45) is 3.48. The third-order valence-electron chi connectivity index (χ3n) is 3.85. The molecule has 0 radical (unpaired) electrons.